The lowest BCUT2D eigenvalue weighted by Crippen LogP contribution is -2.39. The van der Waals surface area contributed by atoms with Gasteiger partial charge in [-0.3, -0.25) is 0 Å². The molecule has 0 aliphatic heterocycles. The van der Waals surface area contributed by atoms with Gasteiger partial charge in [-0.05, 0) is 0 Å². The molecular weight excluding hydrogens is 220 g/mol. The summed E-state index contributed by atoms with van der Waals surface area (Å²) in [4.78, 5) is 24.0. The maximum Gasteiger partial charge on any atom is 0.482 e. The molecule has 2 N–H and O–H groups in total. The van der Waals surface area contributed by atoms with E-state index in [0.717, 1.165) is 0 Å². The SMILES string of the molecule is O=C(O)C(F)(F)OOC(F)(F)C(=O)O. The summed E-state index contributed by atoms with van der Waals surface area (Å²) in [6.07, 6.45) is -10.1. The molecule has 14 heavy (non-hydrogen) atoms. The van der Waals surface area contributed by atoms with Gasteiger partial charge in [0.25, 0.3) is 0 Å². The highest BCUT2D eigenvalue weighted by molar-refractivity contribution is 5.74. The van der Waals surface area contributed by atoms with Crippen molar-refractivity contribution in [2.45, 2.75) is 12.2 Å². The summed E-state index contributed by atoms with van der Waals surface area (Å²) in [6, 6.07) is 0. The largest absolute Gasteiger partial charge is 0.482 e. The van der Waals surface area contributed by atoms with Crippen LogP contribution in [0.2, 0.25) is 0 Å². The van der Waals surface area contributed by atoms with Crippen molar-refractivity contribution in [3.63, 3.8) is 0 Å². The van der Waals surface area contributed by atoms with Crippen LogP contribution in [0.15, 0.2) is 0 Å². The fourth-order valence-corrected chi connectivity index (χ4v) is 0.176. The molecule has 6 nitrogen and oxygen atoms in total. The Hall–Kier alpha value is -1.42. The standard InChI is InChI=1S/C4H2F4O6/c5-3(6,1(9)10)13-14-4(7,8)2(11)12/h(H,9,10)(H,11,12). The number of hydrogen-bond acceptors (Lipinski definition) is 4. The average molecular weight is 222 g/mol. The second-order valence-electron chi connectivity index (χ2n) is 1.81. The van der Waals surface area contributed by atoms with Crippen molar-refractivity contribution in [1.82, 2.24) is 0 Å². The minimum Gasteiger partial charge on any atom is -0.475 e. The molecule has 0 heterocycles. The molecule has 0 aromatic carbocycles. The van der Waals surface area contributed by atoms with Gasteiger partial charge in [0, 0.05) is 0 Å². The van der Waals surface area contributed by atoms with Crippen LogP contribution in [0.4, 0.5) is 17.6 Å². The number of carboxylic acid groups (broad SMARTS) is 2. The molecule has 0 unspecified atom stereocenters. The Morgan fingerprint density at radius 2 is 1.07 bits per heavy atom. The van der Waals surface area contributed by atoms with Crippen molar-refractivity contribution >= 4 is 11.9 Å². The Bertz CT molecular complexity index is 224. The van der Waals surface area contributed by atoms with Gasteiger partial charge >= 0.3 is 24.2 Å². The van der Waals surface area contributed by atoms with E-state index in [2.05, 4.69) is 9.78 Å². The third kappa shape index (κ3) is 3.14. The summed E-state index contributed by atoms with van der Waals surface area (Å²) < 4.78 is 47.5. The summed E-state index contributed by atoms with van der Waals surface area (Å²) in [5, 5.41) is 15.3. The first kappa shape index (κ1) is 12.6. The van der Waals surface area contributed by atoms with Crippen LogP contribution >= 0.6 is 0 Å². The highest BCUT2D eigenvalue weighted by atomic mass is 19.3. The normalized spacial score (nSPS) is 12.6. The number of carboxylic acids is 2. The minimum atomic E-state index is -5.06. The Labute approximate surface area is 72.6 Å². The lowest BCUT2D eigenvalue weighted by atomic mass is 10.6. The summed E-state index contributed by atoms with van der Waals surface area (Å²) >= 11 is 0. The van der Waals surface area contributed by atoms with Gasteiger partial charge < -0.3 is 10.2 Å². The van der Waals surface area contributed by atoms with Crippen LogP contribution in [-0.2, 0) is 19.4 Å². The first-order valence-corrected chi connectivity index (χ1v) is 2.69. The van der Waals surface area contributed by atoms with Crippen LogP contribution in [0.3, 0.4) is 0 Å². The first-order chi connectivity index (χ1) is 6.09. The molecule has 0 aliphatic rings. The molecule has 0 amide bonds. The van der Waals surface area contributed by atoms with Gasteiger partial charge in [-0.1, -0.05) is 0 Å². The number of alkyl halides is 4. The zero-order valence-corrected chi connectivity index (χ0v) is 6.04. The summed E-state index contributed by atoms with van der Waals surface area (Å²) in [5.74, 6) is -5.81. The van der Waals surface area contributed by atoms with E-state index in [-0.39, 0.29) is 0 Å². The molecular formula is C4H2F4O6. The molecule has 0 radical (unpaired) electrons. The number of rotatable bonds is 5. The lowest BCUT2D eigenvalue weighted by molar-refractivity contribution is -0.497. The third-order valence-corrected chi connectivity index (χ3v) is 0.749. The Kier molecular flexibility index (Phi) is 3.37. The van der Waals surface area contributed by atoms with Gasteiger partial charge in [0.1, 0.15) is 0 Å². The summed E-state index contributed by atoms with van der Waals surface area (Å²) in [5.41, 5.74) is 0. The topological polar surface area (TPSA) is 93.1 Å². The first-order valence-electron chi connectivity index (χ1n) is 2.69. The molecule has 0 bridgehead atoms. The number of aliphatic carboxylic acids is 2. The second kappa shape index (κ2) is 3.75. The van der Waals surface area contributed by atoms with Crippen LogP contribution in [-0.4, -0.2) is 34.4 Å². The van der Waals surface area contributed by atoms with Crippen molar-refractivity contribution in [3.05, 3.63) is 0 Å². The van der Waals surface area contributed by atoms with Crippen LogP contribution < -0.4 is 0 Å². The van der Waals surface area contributed by atoms with Crippen molar-refractivity contribution in [2.75, 3.05) is 0 Å². The quantitative estimate of drug-likeness (QED) is 0.394. The van der Waals surface area contributed by atoms with Gasteiger partial charge in [-0.2, -0.15) is 17.6 Å². The molecule has 0 spiro atoms. The van der Waals surface area contributed by atoms with Crippen LogP contribution in [0.5, 0.6) is 0 Å². The number of hydrogen-bond donors (Lipinski definition) is 2. The monoisotopic (exact) mass is 222 g/mol. The summed E-state index contributed by atoms with van der Waals surface area (Å²) in [6.45, 7) is 0. The van der Waals surface area contributed by atoms with Crippen LogP contribution in [0, 0.1) is 0 Å². The number of halogens is 4. The van der Waals surface area contributed by atoms with E-state index in [9.17, 15) is 27.2 Å². The van der Waals surface area contributed by atoms with Crippen molar-refractivity contribution < 1.29 is 47.1 Å². The minimum absolute atomic E-state index is 2.45. The maximum absolute atomic E-state index is 11.9. The lowest BCUT2D eigenvalue weighted by Gasteiger charge is -2.14. The molecule has 0 rings (SSSR count). The third-order valence-electron chi connectivity index (χ3n) is 0.749. The molecule has 0 fully saturated rings. The smallest absolute Gasteiger partial charge is 0.475 e. The number of carbonyl (C=O) groups is 2. The predicted octanol–water partition coefficient (Wildman–Crippen LogP) is 0.289. The van der Waals surface area contributed by atoms with Crippen LogP contribution in [0.1, 0.15) is 0 Å². The molecule has 0 saturated heterocycles. The van der Waals surface area contributed by atoms with Gasteiger partial charge in [0.05, 0.1) is 0 Å². The second-order valence-corrected chi connectivity index (χ2v) is 1.81. The van der Waals surface area contributed by atoms with E-state index < -0.39 is 24.2 Å². The highest BCUT2D eigenvalue weighted by Crippen LogP contribution is 2.22. The van der Waals surface area contributed by atoms with E-state index in [1.807, 2.05) is 0 Å². The van der Waals surface area contributed by atoms with Crippen molar-refractivity contribution in [3.8, 4) is 0 Å². The van der Waals surface area contributed by atoms with Gasteiger partial charge in [-0.25, -0.2) is 9.59 Å². The molecule has 0 aliphatic carbocycles. The van der Waals surface area contributed by atoms with E-state index in [1.165, 1.54) is 0 Å². The molecule has 0 aromatic rings. The Morgan fingerprint density at radius 3 is 1.21 bits per heavy atom. The predicted molar refractivity (Wildman–Crippen MR) is 27.3 cm³/mol. The summed E-state index contributed by atoms with van der Waals surface area (Å²) in [7, 11) is 0. The molecule has 0 aromatic heterocycles. The molecule has 0 atom stereocenters. The van der Waals surface area contributed by atoms with E-state index in [1.54, 1.807) is 0 Å². The molecule has 10 heteroatoms. The molecule has 0 saturated carbocycles. The fraction of sp³-hybridized carbons (Fsp3) is 0.500. The van der Waals surface area contributed by atoms with E-state index in [0.29, 0.717) is 0 Å². The van der Waals surface area contributed by atoms with Crippen molar-refractivity contribution in [1.29, 1.82) is 0 Å². The Morgan fingerprint density at radius 1 is 0.857 bits per heavy atom. The van der Waals surface area contributed by atoms with Gasteiger partial charge in [-0.15, -0.1) is 9.78 Å². The van der Waals surface area contributed by atoms with Gasteiger partial charge in [0.15, 0.2) is 0 Å². The van der Waals surface area contributed by atoms with E-state index in [4.69, 9.17) is 10.2 Å². The average Bonchev–Trinajstić information content (AvgIpc) is 2.01. The van der Waals surface area contributed by atoms with Crippen LogP contribution in [0.25, 0.3) is 0 Å². The van der Waals surface area contributed by atoms with Gasteiger partial charge in [0.2, 0.25) is 0 Å². The zero-order valence-electron chi connectivity index (χ0n) is 6.04. The zero-order chi connectivity index (χ0) is 11.6. The maximum atomic E-state index is 11.9. The highest BCUT2D eigenvalue weighted by Gasteiger charge is 2.50. The fourth-order valence-electron chi connectivity index (χ4n) is 0.176. The Balaban J connectivity index is 4.32. The molecule has 82 valence electrons. The van der Waals surface area contributed by atoms with E-state index >= 15 is 0 Å². The van der Waals surface area contributed by atoms with Crippen molar-refractivity contribution in [2.24, 2.45) is 0 Å².